The number of halogens is 2. The molecule has 33 heavy (non-hydrogen) atoms. The Kier molecular flexibility index (Phi) is 8.25. The molecule has 0 unspecified atom stereocenters. The lowest BCUT2D eigenvalue weighted by Gasteiger charge is -2.22. The number of ether oxygens (including phenoxy) is 2. The summed E-state index contributed by atoms with van der Waals surface area (Å²) >= 11 is 12.7. The quantitative estimate of drug-likeness (QED) is 0.299. The monoisotopic (exact) mass is 482 g/mol. The van der Waals surface area contributed by atoms with Gasteiger partial charge in [-0.15, -0.1) is 0 Å². The Morgan fingerprint density at radius 3 is 2.48 bits per heavy atom. The first kappa shape index (κ1) is 23.6. The zero-order valence-corrected chi connectivity index (χ0v) is 20.3. The predicted molar refractivity (Wildman–Crippen MR) is 136 cm³/mol. The van der Waals surface area contributed by atoms with Gasteiger partial charge in [-0.1, -0.05) is 53.5 Å². The van der Waals surface area contributed by atoms with Crippen molar-refractivity contribution in [1.82, 2.24) is 4.98 Å². The van der Waals surface area contributed by atoms with Crippen molar-refractivity contribution in [2.75, 3.05) is 20.3 Å². The third-order valence-corrected chi connectivity index (χ3v) is 6.57. The van der Waals surface area contributed by atoms with Crippen LogP contribution in [0.5, 0.6) is 11.5 Å². The maximum absolute atomic E-state index is 6.36. The fraction of sp³-hybridized carbons (Fsp3) is 0.333. The van der Waals surface area contributed by atoms with Gasteiger partial charge >= 0.3 is 0 Å². The first-order valence-corrected chi connectivity index (χ1v) is 12.1. The minimum atomic E-state index is 0.554. The second-order valence-electron chi connectivity index (χ2n) is 8.10. The molecule has 0 aliphatic carbocycles. The number of aryl methyl sites for hydroxylation is 1. The molecule has 0 N–H and O–H groups in total. The lowest BCUT2D eigenvalue weighted by Crippen LogP contribution is -2.17. The molecule has 1 aliphatic heterocycles. The zero-order valence-electron chi connectivity index (χ0n) is 18.8. The van der Waals surface area contributed by atoms with Crippen molar-refractivity contribution in [1.29, 1.82) is 0 Å². The van der Waals surface area contributed by atoms with Crippen LogP contribution in [-0.2, 0) is 19.3 Å². The smallest absolute Gasteiger partial charge is 0.165 e. The maximum Gasteiger partial charge on any atom is 0.165 e. The molecule has 0 bridgehead atoms. The third kappa shape index (κ3) is 5.87. The van der Waals surface area contributed by atoms with Crippen LogP contribution in [0.3, 0.4) is 0 Å². The summed E-state index contributed by atoms with van der Waals surface area (Å²) in [7, 11) is 1.68. The van der Waals surface area contributed by atoms with E-state index in [4.69, 9.17) is 37.7 Å². The van der Waals surface area contributed by atoms with Crippen LogP contribution in [0.1, 0.15) is 41.5 Å². The predicted octanol–water partition coefficient (Wildman–Crippen LogP) is 6.78. The molecule has 0 atom stereocenters. The van der Waals surface area contributed by atoms with Crippen LogP contribution in [0.25, 0.3) is 0 Å². The second kappa shape index (κ2) is 11.5. The summed E-state index contributed by atoms with van der Waals surface area (Å²) in [6, 6.07) is 14.6. The van der Waals surface area contributed by atoms with Crippen molar-refractivity contribution in [3.05, 3.63) is 87.2 Å². The van der Waals surface area contributed by atoms with Gasteiger partial charge in [0.1, 0.15) is 0 Å². The van der Waals surface area contributed by atoms with E-state index in [1.54, 1.807) is 19.5 Å². The van der Waals surface area contributed by atoms with Crippen LogP contribution in [0.4, 0.5) is 0 Å². The number of fused-ring (bicyclic) bond motifs is 1. The van der Waals surface area contributed by atoms with Gasteiger partial charge in [0.05, 0.1) is 23.8 Å². The van der Waals surface area contributed by atoms with Crippen molar-refractivity contribution in [2.24, 2.45) is 4.99 Å². The van der Waals surface area contributed by atoms with Crippen LogP contribution in [0.15, 0.2) is 59.9 Å². The molecule has 4 nitrogen and oxygen atoms in total. The van der Waals surface area contributed by atoms with Crippen LogP contribution >= 0.6 is 23.2 Å². The van der Waals surface area contributed by atoms with Crippen LogP contribution in [0.2, 0.25) is 10.0 Å². The summed E-state index contributed by atoms with van der Waals surface area (Å²) in [4.78, 5) is 8.83. The van der Waals surface area contributed by atoms with E-state index in [-0.39, 0.29) is 0 Å². The number of rotatable bonds is 10. The molecule has 0 fully saturated rings. The van der Waals surface area contributed by atoms with Crippen molar-refractivity contribution < 1.29 is 9.47 Å². The van der Waals surface area contributed by atoms with E-state index in [1.807, 2.05) is 6.07 Å². The zero-order chi connectivity index (χ0) is 23.0. The van der Waals surface area contributed by atoms with Gasteiger partial charge in [0.2, 0.25) is 0 Å². The Bertz CT molecular complexity index is 1100. The molecular formula is C27H28Cl2N2O2. The number of pyridine rings is 1. The molecule has 6 heteroatoms. The number of nitrogens with zero attached hydrogens (tertiary/aromatic N) is 2. The molecule has 0 saturated heterocycles. The van der Waals surface area contributed by atoms with Crippen molar-refractivity contribution >= 4 is 28.9 Å². The van der Waals surface area contributed by atoms with Gasteiger partial charge in [-0.05, 0) is 55.4 Å². The average Bonchev–Trinajstić information content (AvgIpc) is 2.84. The molecule has 3 aromatic rings. The van der Waals surface area contributed by atoms with Crippen LogP contribution < -0.4 is 9.47 Å². The summed E-state index contributed by atoms with van der Waals surface area (Å²) < 4.78 is 11.9. The highest BCUT2D eigenvalue weighted by atomic mass is 35.5. The highest BCUT2D eigenvalue weighted by Crippen LogP contribution is 2.37. The van der Waals surface area contributed by atoms with E-state index in [0.29, 0.717) is 29.6 Å². The highest BCUT2D eigenvalue weighted by molar-refractivity contribution is 6.36. The number of aromatic nitrogens is 1. The largest absolute Gasteiger partial charge is 0.493 e. The molecule has 0 saturated carbocycles. The van der Waals surface area contributed by atoms with Crippen molar-refractivity contribution in [3.63, 3.8) is 0 Å². The summed E-state index contributed by atoms with van der Waals surface area (Å²) in [5.41, 5.74) is 5.41. The van der Waals surface area contributed by atoms with E-state index in [1.165, 1.54) is 5.56 Å². The molecule has 1 aliphatic rings. The van der Waals surface area contributed by atoms with E-state index >= 15 is 0 Å². The van der Waals surface area contributed by atoms with E-state index in [9.17, 15) is 0 Å². The average molecular weight is 483 g/mol. The number of hydrogen-bond acceptors (Lipinski definition) is 4. The summed E-state index contributed by atoms with van der Waals surface area (Å²) in [5, 5.41) is 1.11. The van der Waals surface area contributed by atoms with Gasteiger partial charge in [-0.2, -0.15) is 0 Å². The molecule has 172 valence electrons. The lowest BCUT2D eigenvalue weighted by atomic mass is 9.92. The molecular weight excluding hydrogens is 455 g/mol. The normalized spacial score (nSPS) is 12.8. The summed E-state index contributed by atoms with van der Waals surface area (Å²) in [6.07, 6.45) is 8.99. The Morgan fingerprint density at radius 2 is 1.73 bits per heavy atom. The number of methoxy groups -OCH3 is 1. The number of unbranched alkanes of at least 4 members (excludes halogenated alkanes) is 2. The minimum Gasteiger partial charge on any atom is -0.493 e. The lowest BCUT2D eigenvalue weighted by molar-refractivity contribution is 0.282. The van der Waals surface area contributed by atoms with Gasteiger partial charge in [0, 0.05) is 42.2 Å². The molecule has 1 aromatic heterocycles. The first-order chi connectivity index (χ1) is 16.2. The van der Waals surface area contributed by atoms with Crippen LogP contribution in [-0.4, -0.2) is 31.0 Å². The molecule has 2 aromatic carbocycles. The third-order valence-electron chi connectivity index (χ3n) is 5.92. The van der Waals surface area contributed by atoms with Gasteiger partial charge in [-0.3, -0.25) is 9.98 Å². The number of hydrogen-bond donors (Lipinski definition) is 0. The molecule has 4 rings (SSSR count). The fourth-order valence-electron chi connectivity index (χ4n) is 4.18. The Morgan fingerprint density at radius 1 is 0.939 bits per heavy atom. The van der Waals surface area contributed by atoms with Crippen molar-refractivity contribution in [3.8, 4) is 11.5 Å². The van der Waals surface area contributed by atoms with E-state index in [0.717, 1.165) is 66.0 Å². The maximum atomic E-state index is 6.36. The molecule has 2 heterocycles. The van der Waals surface area contributed by atoms with Crippen LogP contribution in [0, 0.1) is 0 Å². The molecule has 0 amide bonds. The standard InChI is InChI=1S/C27H28Cl2N2O2/c1-32-26-12-11-20-21(13-14-31-25(20)16-22-23(28)17-30-18-24(22)29)27(26)33-15-7-3-6-10-19-8-4-2-5-9-19/h2,4-5,8-9,11-12,17-18H,3,6-7,10,13-16H2,1H3. The van der Waals surface area contributed by atoms with Gasteiger partial charge in [0.15, 0.2) is 11.5 Å². The number of benzene rings is 2. The minimum absolute atomic E-state index is 0.554. The molecule has 0 spiro atoms. The number of aliphatic imine (C=N–C) groups is 1. The Hall–Kier alpha value is -2.56. The van der Waals surface area contributed by atoms with Gasteiger partial charge in [0.25, 0.3) is 0 Å². The Labute approximate surface area is 205 Å². The molecule has 0 radical (unpaired) electrons. The first-order valence-electron chi connectivity index (χ1n) is 11.4. The highest BCUT2D eigenvalue weighted by Gasteiger charge is 2.23. The summed E-state index contributed by atoms with van der Waals surface area (Å²) in [5.74, 6) is 1.59. The summed E-state index contributed by atoms with van der Waals surface area (Å²) in [6.45, 7) is 1.36. The topological polar surface area (TPSA) is 43.7 Å². The van der Waals surface area contributed by atoms with E-state index in [2.05, 4.69) is 41.4 Å². The van der Waals surface area contributed by atoms with Gasteiger partial charge < -0.3 is 9.47 Å². The van der Waals surface area contributed by atoms with Gasteiger partial charge in [-0.25, -0.2) is 0 Å². The van der Waals surface area contributed by atoms with E-state index < -0.39 is 0 Å². The second-order valence-corrected chi connectivity index (χ2v) is 8.92. The fourth-order valence-corrected chi connectivity index (χ4v) is 4.68. The van der Waals surface area contributed by atoms with Crippen molar-refractivity contribution in [2.45, 2.75) is 38.5 Å². The Balaban J connectivity index is 1.42. The SMILES string of the molecule is COc1ccc2c(c1OCCCCCc1ccccc1)CCN=C2Cc1c(Cl)cncc1Cl.